The highest BCUT2D eigenvalue weighted by molar-refractivity contribution is 7.86. The van der Waals surface area contributed by atoms with Crippen LogP contribution in [0.4, 0.5) is 22.0 Å². The molecule has 0 unspecified atom stereocenters. The van der Waals surface area contributed by atoms with Crippen LogP contribution in [-0.4, -0.2) is 62.1 Å². The molecule has 1 heterocycles. The number of halogens is 5. The molecule has 0 aromatic rings. The molecule has 1 spiro atoms. The van der Waals surface area contributed by atoms with Crippen molar-refractivity contribution in [1.29, 1.82) is 0 Å². The molecule has 2 aliphatic rings. The average molecular weight is 369 g/mol. The predicted molar refractivity (Wildman–Crippen MR) is 67.8 cm³/mol. The Kier molecular flexibility index (Phi) is 5.93. The first-order valence-corrected chi connectivity index (χ1v) is 7.86. The summed E-state index contributed by atoms with van der Waals surface area (Å²) in [4.78, 5) is 8.90. The summed E-state index contributed by atoms with van der Waals surface area (Å²) >= 11 is 0. The normalized spacial score (nSPS) is 20.7. The molecule has 1 saturated heterocycles. The standard InChI is InChI=1S/C8H15F2N3O2S.C2HF3O2/c9-7(10)3-13(16(11,14)15)6-1-8(2-6)4-12-5-8;3-2(4,5)1(6)7/h6-7,12H,1-5H2,(H2,11,14,15);(H,6,7). The van der Waals surface area contributed by atoms with E-state index in [2.05, 4.69) is 5.32 Å². The van der Waals surface area contributed by atoms with Crippen molar-refractivity contribution in [1.82, 2.24) is 9.62 Å². The molecular formula is C10H16F5N3O4S. The molecule has 0 radical (unpaired) electrons. The Morgan fingerprint density at radius 3 is 2.00 bits per heavy atom. The molecular weight excluding hydrogens is 353 g/mol. The maximum absolute atomic E-state index is 12.3. The maximum atomic E-state index is 12.3. The van der Waals surface area contributed by atoms with E-state index < -0.39 is 35.3 Å². The van der Waals surface area contributed by atoms with E-state index in [4.69, 9.17) is 15.0 Å². The molecule has 1 aliphatic heterocycles. The van der Waals surface area contributed by atoms with Crippen molar-refractivity contribution in [3.05, 3.63) is 0 Å². The number of alkyl halides is 5. The number of aliphatic carboxylic acids is 1. The van der Waals surface area contributed by atoms with Gasteiger partial charge in [-0.25, -0.2) is 18.7 Å². The highest BCUT2D eigenvalue weighted by Crippen LogP contribution is 2.46. The van der Waals surface area contributed by atoms with Crippen LogP contribution < -0.4 is 10.5 Å². The minimum atomic E-state index is -5.08. The van der Waals surface area contributed by atoms with Crippen molar-refractivity contribution in [3.8, 4) is 0 Å². The Balaban J connectivity index is 0.000000322. The van der Waals surface area contributed by atoms with Gasteiger partial charge in [-0.3, -0.25) is 0 Å². The Bertz CT molecular complexity index is 527. The first kappa shape index (κ1) is 20.0. The highest BCUT2D eigenvalue weighted by atomic mass is 32.2. The third kappa shape index (κ3) is 5.51. The molecule has 4 N–H and O–H groups in total. The van der Waals surface area contributed by atoms with Crippen molar-refractivity contribution in [2.45, 2.75) is 31.5 Å². The van der Waals surface area contributed by atoms with E-state index in [0.717, 1.165) is 17.4 Å². The summed E-state index contributed by atoms with van der Waals surface area (Å²) in [7, 11) is -4.02. The molecule has 23 heavy (non-hydrogen) atoms. The Morgan fingerprint density at radius 2 is 1.78 bits per heavy atom. The van der Waals surface area contributed by atoms with Crippen LogP contribution >= 0.6 is 0 Å². The van der Waals surface area contributed by atoms with Crippen molar-refractivity contribution in [2.75, 3.05) is 19.6 Å². The third-order valence-electron chi connectivity index (χ3n) is 3.63. The molecule has 0 aromatic carbocycles. The lowest BCUT2D eigenvalue weighted by atomic mass is 9.61. The van der Waals surface area contributed by atoms with Crippen LogP contribution in [0.15, 0.2) is 0 Å². The number of carbonyl (C=O) groups is 1. The Morgan fingerprint density at radius 1 is 1.35 bits per heavy atom. The van der Waals surface area contributed by atoms with Gasteiger partial charge in [0.15, 0.2) is 0 Å². The number of carboxylic acids is 1. The predicted octanol–water partition coefficient (Wildman–Crippen LogP) is 0.142. The summed E-state index contributed by atoms with van der Waals surface area (Å²) < 4.78 is 79.3. The minimum Gasteiger partial charge on any atom is -0.475 e. The zero-order chi connectivity index (χ0) is 18.1. The van der Waals surface area contributed by atoms with Crippen LogP contribution in [0, 0.1) is 5.41 Å². The molecule has 13 heteroatoms. The van der Waals surface area contributed by atoms with Gasteiger partial charge in [0.1, 0.15) is 0 Å². The fourth-order valence-corrected chi connectivity index (χ4v) is 3.39. The fraction of sp³-hybridized carbons (Fsp3) is 0.900. The van der Waals surface area contributed by atoms with Crippen LogP contribution in [0.1, 0.15) is 12.8 Å². The van der Waals surface area contributed by atoms with Crippen molar-refractivity contribution in [2.24, 2.45) is 10.6 Å². The number of carboxylic acid groups (broad SMARTS) is 1. The second-order valence-corrected chi connectivity index (χ2v) is 6.97. The van der Waals surface area contributed by atoms with Crippen molar-refractivity contribution in [3.63, 3.8) is 0 Å². The van der Waals surface area contributed by atoms with Gasteiger partial charge in [0.25, 0.3) is 16.6 Å². The molecule has 0 aromatic heterocycles. The van der Waals surface area contributed by atoms with Crippen LogP contribution in [0.3, 0.4) is 0 Å². The van der Waals surface area contributed by atoms with Gasteiger partial charge in [-0.15, -0.1) is 0 Å². The second kappa shape index (κ2) is 6.83. The van der Waals surface area contributed by atoms with E-state index in [0.29, 0.717) is 12.8 Å². The van der Waals surface area contributed by atoms with Crippen molar-refractivity contribution < 1.29 is 40.3 Å². The smallest absolute Gasteiger partial charge is 0.475 e. The van der Waals surface area contributed by atoms with E-state index in [9.17, 15) is 30.4 Å². The van der Waals surface area contributed by atoms with E-state index in [1.807, 2.05) is 0 Å². The number of hydrogen-bond acceptors (Lipinski definition) is 4. The number of nitrogens with one attached hydrogen (secondary N) is 1. The quantitative estimate of drug-likeness (QED) is 0.611. The maximum Gasteiger partial charge on any atom is 0.490 e. The summed E-state index contributed by atoms with van der Waals surface area (Å²) in [6.07, 6.45) is -6.51. The van der Waals surface area contributed by atoms with Gasteiger partial charge < -0.3 is 10.4 Å². The molecule has 1 saturated carbocycles. The lowest BCUT2D eigenvalue weighted by molar-refractivity contribution is -0.192. The van der Waals surface area contributed by atoms with E-state index in [-0.39, 0.29) is 11.5 Å². The lowest BCUT2D eigenvalue weighted by Crippen LogP contribution is -2.66. The summed E-state index contributed by atoms with van der Waals surface area (Å²) in [5.74, 6) is -2.76. The van der Waals surface area contributed by atoms with Gasteiger partial charge >= 0.3 is 12.1 Å². The molecule has 136 valence electrons. The van der Waals surface area contributed by atoms with Gasteiger partial charge in [0.2, 0.25) is 0 Å². The summed E-state index contributed by atoms with van der Waals surface area (Å²) in [5, 5.41) is 15.2. The summed E-state index contributed by atoms with van der Waals surface area (Å²) in [6.45, 7) is 0.889. The topological polar surface area (TPSA) is 113 Å². The Hall–Kier alpha value is -1.05. The van der Waals surface area contributed by atoms with Gasteiger partial charge in [-0.2, -0.15) is 25.9 Å². The number of hydrogen-bond donors (Lipinski definition) is 3. The van der Waals surface area contributed by atoms with Crippen LogP contribution in [0.5, 0.6) is 0 Å². The molecule has 0 bridgehead atoms. The number of nitrogens with zero attached hydrogens (tertiary/aromatic N) is 1. The summed E-state index contributed by atoms with van der Waals surface area (Å²) in [5.41, 5.74) is 0.135. The molecule has 1 aliphatic carbocycles. The van der Waals surface area contributed by atoms with E-state index >= 15 is 0 Å². The number of nitrogens with two attached hydrogens (primary N) is 1. The van der Waals surface area contributed by atoms with Crippen LogP contribution in [0.25, 0.3) is 0 Å². The van der Waals surface area contributed by atoms with Crippen LogP contribution in [0.2, 0.25) is 0 Å². The third-order valence-corrected chi connectivity index (χ3v) is 4.73. The van der Waals surface area contributed by atoms with E-state index in [1.165, 1.54) is 0 Å². The average Bonchev–Trinajstić information content (AvgIpc) is 2.21. The molecule has 7 nitrogen and oxygen atoms in total. The van der Waals surface area contributed by atoms with Gasteiger partial charge in [0.05, 0.1) is 6.54 Å². The van der Waals surface area contributed by atoms with E-state index in [1.54, 1.807) is 0 Å². The summed E-state index contributed by atoms with van der Waals surface area (Å²) in [6, 6.07) is -0.355. The molecule has 0 atom stereocenters. The fourth-order valence-electron chi connectivity index (χ4n) is 2.51. The largest absolute Gasteiger partial charge is 0.490 e. The van der Waals surface area contributed by atoms with Gasteiger partial charge in [0, 0.05) is 19.1 Å². The SMILES string of the molecule is NS(=O)(=O)N(CC(F)F)C1CC2(CNC2)C1.O=C(O)C(F)(F)F. The molecule has 0 amide bonds. The molecule has 2 rings (SSSR count). The highest BCUT2D eigenvalue weighted by Gasteiger charge is 2.52. The molecule has 2 fully saturated rings. The monoisotopic (exact) mass is 369 g/mol. The van der Waals surface area contributed by atoms with Crippen LogP contribution in [-0.2, 0) is 15.0 Å². The van der Waals surface area contributed by atoms with Gasteiger partial charge in [-0.1, -0.05) is 0 Å². The Labute approximate surface area is 128 Å². The van der Waals surface area contributed by atoms with Crippen molar-refractivity contribution >= 4 is 16.2 Å². The zero-order valence-corrected chi connectivity index (χ0v) is 12.5. The minimum absolute atomic E-state index is 0.135. The first-order valence-electron chi connectivity index (χ1n) is 6.35. The van der Waals surface area contributed by atoms with Gasteiger partial charge in [-0.05, 0) is 18.3 Å². The lowest BCUT2D eigenvalue weighted by Gasteiger charge is -2.56. The number of rotatable bonds is 4. The zero-order valence-electron chi connectivity index (χ0n) is 11.7. The first-order chi connectivity index (χ1) is 10.3. The second-order valence-electron chi connectivity index (χ2n) is 5.47.